The summed E-state index contributed by atoms with van der Waals surface area (Å²) in [6, 6.07) is 21.7. The van der Waals surface area contributed by atoms with Gasteiger partial charge < -0.3 is 15.1 Å². The van der Waals surface area contributed by atoms with Crippen LogP contribution >= 0.6 is 11.3 Å². The van der Waals surface area contributed by atoms with E-state index in [2.05, 4.69) is 31.3 Å². The van der Waals surface area contributed by atoms with Crippen LogP contribution in [0.2, 0.25) is 0 Å². The van der Waals surface area contributed by atoms with Crippen molar-refractivity contribution in [3.05, 3.63) is 87.6 Å². The van der Waals surface area contributed by atoms with E-state index >= 15 is 0 Å². The number of amides is 3. The number of nitrogens with zero attached hydrogens (tertiary/aromatic N) is 2. The Labute approximate surface area is 201 Å². The molecule has 3 aromatic rings. The topological polar surface area (TPSA) is 52.7 Å². The third-order valence-corrected chi connectivity index (χ3v) is 6.44. The van der Waals surface area contributed by atoms with Crippen molar-refractivity contribution >= 4 is 29.0 Å². The fraction of sp³-hybridized carbons (Fsp3) is 0.333. The molecule has 174 valence electrons. The van der Waals surface area contributed by atoms with Crippen molar-refractivity contribution in [1.82, 2.24) is 9.80 Å². The second-order valence-electron chi connectivity index (χ2n) is 8.11. The maximum atomic E-state index is 13.4. The number of para-hydroxylation sites is 1. The molecule has 3 amide bonds. The highest BCUT2D eigenvalue weighted by atomic mass is 32.1. The molecule has 0 aliphatic heterocycles. The van der Waals surface area contributed by atoms with Crippen LogP contribution in [0.5, 0.6) is 0 Å². The number of thiophene rings is 1. The Balaban J connectivity index is 1.75. The molecule has 5 nitrogen and oxygen atoms in total. The van der Waals surface area contributed by atoms with Gasteiger partial charge in [0, 0.05) is 28.5 Å². The second kappa shape index (κ2) is 12.2. The molecule has 6 heteroatoms. The monoisotopic (exact) mass is 463 g/mol. The van der Waals surface area contributed by atoms with E-state index in [0.717, 1.165) is 34.5 Å². The lowest BCUT2D eigenvalue weighted by atomic mass is 10.1. The summed E-state index contributed by atoms with van der Waals surface area (Å²) in [6.45, 7) is 7.75. The number of nitrogens with one attached hydrogen (secondary N) is 1. The average Bonchev–Trinajstić information content (AvgIpc) is 3.23. The number of hydrogen-bond acceptors (Lipinski definition) is 3. The minimum absolute atomic E-state index is 0.0468. The van der Waals surface area contributed by atoms with Crippen LogP contribution in [-0.4, -0.2) is 34.8 Å². The molecule has 0 fully saturated rings. The summed E-state index contributed by atoms with van der Waals surface area (Å²) in [6.07, 6.45) is 1.60. The van der Waals surface area contributed by atoms with E-state index in [4.69, 9.17) is 0 Å². The fourth-order valence-electron chi connectivity index (χ4n) is 3.72. The summed E-state index contributed by atoms with van der Waals surface area (Å²) in [7, 11) is 0. The molecular formula is C27H33N3O2S. The fourth-order valence-corrected chi connectivity index (χ4v) is 4.63. The summed E-state index contributed by atoms with van der Waals surface area (Å²) in [4.78, 5) is 32.3. The van der Waals surface area contributed by atoms with Gasteiger partial charge in [0.15, 0.2) is 0 Å². The zero-order valence-electron chi connectivity index (χ0n) is 19.7. The van der Waals surface area contributed by atoms with Crippen molar-refractivity contribution in [2.24, 2.45) is 0 Å². The van der Waals surface area contributed by atoms with Crippen LogP contribution in [0.15, 0.2) is 66.7 Å². The van der Waals surface area contributed by atoms with E-state index < -0.39 is 0 Å². The number of urea groups is 1. The molecule has 0 atom stereocenters. The first kappa shape index (κ1) is 24.5. The number of carbonyl (C=O) groups is 2. The lowest BCUT2D eigenvalue weighted by Crippen LogP contribution is -2.44. The van der Waals surface area contributed by atoms with Gasteiger partial charge in [0.25, 0.3) is 0 Å². The Morgan fingerprint density at radius 1 is 0.879 bits per heavy atom. The molecule has 1 N–H and O–H groups in total. The summed E-state index contributed by atoms with van der Waals surface area (Å²) < 4.78 is 0. The molecule has 0 saturated heterocycles. The predicted molar refractivity (Wildman–Crippen MR) is 136 cm³/mol. The largest absolute Gasteiger partial charge is 0.332 e. The number of aryl methyl sites for hydroxylation is 2. The summed E-state index contributed by atoms with van der Waals surface area (Å²) in [5.41, 5.74) is 2.95. The molecule has 0 unspecified atom stereocenters. The first-order valence-electron chi connectivity index (χ1n) is 11.5. The van der Waals surface area contributed by atoms with E-state index in [0.29, 0.717) is 19.6 Å². The van der Waals surface area contributed by atoms with Crippen LogP contribution < -0.4 is 5.32 Å². The van der Waals surface area contributed by atoms with Crippen LogP contribution in [0.1, 0.15) is 41.1 Å². The smallest absolute Gasteiger partial charge is 0.322 e. The number of hydrogen-bond donors (Lipinski definition) is 1. The van der Waals surface area contributed by atoms with Crippen LogP contribution in [0.25, 0.3) is 0 Å². The Hall–Kier alpha value is -3.12. The zero-order valence-corrected chi connectivity index (χ0v) is 20.5. The lowest BCUT2D eigenvalue weighted by molar-refractivity contribution is -0.133. The molecule has 0 bridgehead atoms. The van der Waals surface area contributed by atoms with E-state index in [1.54, 1.807) is 16.2 Å². The van der Waals surface area contributed by atoms with E-state index in [1.807, 2.05) is 66.4 Å². The van der Waals surface area contributed by atoms with Crippen LogP contribution in [0.3, 0.4) is 0 Å². The van der Waals surface area contributed by atoms with Crippen LogP contribution in [0, 0.1) is 6.92 Å². The highest BCUT2D eigenvalue weighted by Gasteiger charge is 2.22. The molecule has 0 spiro atoms. The minimum atomic E-state index is -0.238. The predicted octanol–water partition coefficient (Wildman–Crippen LogP) is 6.09. The summed E-state index contributed by atoms with van der Waals surface area (Å²) in [5.74, 6) is -0.0581. The maximum Gasteiger partial charge on any atom is 0.322 e. The summed E-state index contributed by atoms with van der Waals surface area (Å²) in [5, 5.41) is 3.01. The van der Waals surface area contributed by atoms with Gasteiger partial charge in [0.05, 0.1) is 6.54 Å². The number of carbonyl (C=O) groups excluding carboxylic acids is 2. The van der Waals surface area contributed by atoms with E-state index in [1.165, 1.54) is 4.88 Å². The molecule has 2 aromatic carbocycles. The SMILES string of the molecule is CCCN(CC(=O)N(Cc1ccccc1)Cc1ccc(C)s1)C(=O)Nc1ccccc1CC. The van der Waals surface area contributed by atoms with Crippen molar-refractivity contribution in [2.75, 3.05) is 18.4 Å². The molecule has 0 aliphatic carbocycles. The molecule has 0 radical (unpaired) electrons. The molecule has 1 heterocycles. The van der Waals surface area contributed by atoms with Gasteiger partial charge in [-0.25, -0.2) is 4.79 Å². The van der Waals surface area contributed by atoms with E-state index in [-0.39, 0.29) is 18.5 Å². The minimum Gasteiger partial charge on any atom is -0.332 e. The highest BCUT2D eigenvalue weighted by molar-refractivity contribution is 7.11. The molecule has 0 aliphatic rings. The first-order chi connectivity index (χ1) is 16.0. The van der Waals surface area contributed by atoms with Crippen molar-refractivity contribution in [2.45, 2.75) is 46.7 Å². The average molecular weight is 464 g/mol. The highest BCUT2D eigenvalue weighted by Crippen LogP contribution is 2.20. The van der Waals surface area contributed by atoms with Gasteiger partial charge in [0.2, 0.25) is 5.91 Å². The Morgan fingerprint density at radius 2 is 1.61 bits per heavy atom. The molecule has 3 rings (SSSR count). The van der Waals surface area contributed by atoms with Gasteiger partial charge in [-0.2, -0.15) is 0 Å². The van der Waals surface area contributed by atoms with Gasteiger partial charge >= 0.3 is 6.03 Å². The van der Waals surface area contributed by atoms with Gasteiger partial charge in [-0.1, -0.05) is 62.4 Å². The quantitative estimate of drug-likeness (QED) is 0.395. The van der Waals surface area contributed by atoms with Crippen molar-refractivity contribution in [1.29, 1.82) is 0 Å². The van der Waals surface area contributed by atoms with Gasteiger partial charge in [0.1, 0.15) is 6.54 Å². The summed E-state index contributed by atoms with van der Waals surface area (Å²) >= 11 is 1.70. The Kier molecular flexibility index (Phi) is 9.07. The maximum absolute atomic E-state index is 13.4. The molecule has 1 aromatic heterocycles. The Bertz CT molecular complexity index is 1050. The van der Waals surface area contributed by atoms with Crippen LogP contribution in [-0.2, 0) is 24.3 Å². The molecule has 0 saturated carbocycles. The van der Waals surface area contributed by atoms with Crippen molar-refractivity contribution in [3.8, 4) is 0 Å². The van der Waals surface area contributed by atoms with Crippen molar-refractivity contribution in [3.63, 3.8) is 0 Å². The standard InChI is InChI=1S/C27H33N3O2S/c1-4-17-29(27(32)28-25-14-10-9-13-23(25)5-2)20-26(31)30(18-22-11-7-6-8-12-22)19-24-16-15-21(3)33-24/h6-16H,4-5,17-20H2,1-3H3,(H,28,32). The van der Waals surface area contributed by atoms with Gasteiger partial charge in [-0.3, -0.25) is 4.79 Å². The van der Waals surface area contributed by atoms with Gasteiger partial charge in [-0.05, 0) is 49.1 Å². The third-order valence-electron chi connectivity index (χ3n) is 5.46. The van der Waals surface area contributed by atoms with E-state index in [9.17, 15) is 9.59 Å². The van der Waals surface area contributed by atoms with Gasteiger partial charge in [-0.15, -0.1) is 11.3 Å². The number of anilines is 1. The van der Waals surface area contributed by atoms with Crippen molar-refractivity contribution < 1.29 is 9.59 Å². The second-order valence-corrected chi connectivity index (χ2v) is 9.48. The molecular weight excluding hydrogens is 430 g/mol. The molecule has 33 heavy (non-hydrogen) atoms. The first-order valence-corrected chi connectivity index (χ1v) is 12.3. The third kappa shape index (κ3) is 7.19. The lowest BCUT2D eigenvalue weighted by Gasteiger charge is -2.28. The number of rotatable bonds is 10. The van der Waals surface area contributed by atoms with Crippen LogP contribution in [0.4, 0.5) is 10.5 Å². The number of benzene rings is 2. The Morgan fingerprint density at radius 3 is 2.27 bits per heavy atom. The zero-order chi connectivity index (χ0) is 23.6. The normalized spacial score (nSPS) is 10.6.